The molecular formula is C15H23NO5S. The molecule has 0 spiro atoms. The van der Waals surface area contributed by atoms with Gasteiger partial charge in [-0.15, -0.1) is 0 Å². The van der Waals surface area contributed by atoms with E-state index in [2.05, 4.69) is 0 Å². The highest BCUT2D eigenvalue weighted by atomic mass is 32.2. The molecular weight excluding hydrogens is 306 g/mol. The summed E-state index contributed by atoms with van der Waals surface area (Å²) < 4.78 is 43.6. The third kappa shape index (κ3) is 3.06. The SMILES string of the molecule is COc1ccc(S(=O)(=O)N2CC(C)OCC2(C)C)c(OC)c1. The summed E-state index contributed by atoms with van der Waals surface area (Å²) in [5.74, 6) is 0.819. The molecule has 7 heteroatoms. The Bertz CT molecular complexity index is 641. The molecule has 1 fully saturated rings. The summed E-state index contributed by atoms with van der Waals surface area (Å²) in [6, 6.07) is 4.71. The highest BCUT2D eigenvalue weighted by Crippen LogP contribution is 2.35. The van der Waals surface area contributed by atoms with Crippen LogP contribution in [0.3, 0.4) is 0 Å². The van der Waals surface area contributed by atoms with Crippen molar-refractivity contribution in [3.8, 4) is 11.5 Å². The zero-order chi connectivity index (χ0) is 16.5. The number of rotatable bonds is 4. The summed E-state index contributed by atoms with van der Waals surface area (Å²) in [5, 5.41) is 0. The lowest BCUT2D eigenvalue weighted by atomic mass is 10.1. The molecule has 0 radical (unpaired) electrons. The molecule has 22 heavy (non-hydrogen) atoms. The minimum absolute atomic E-state index is 0.137. The number of benzene rings is 1. The monoisotopic (exact) mass is 329 g/mol. The molecule has 6 nitrogen and oxygen atoms in total. The molecule has 1 saturated heterocycles. The molecule has 2 rings (SSSR count). The van der Waals surface area contributed by atoms with Gasteiger partial charge in [0, 0.05) is 12.6 Å². The molecule has 1 aromatic rings. The van der Waals surface area contributed by atoms with E-state index in [1.54, 1.807) is 12.1 Å². The molecule has 1 aliphatic rings. The number of hydrogen-bond acceptors (Lipinski definition) is 5. The van der Waals surface area contributed by atoms with Gasteiger partial charge in [-0.05, 0) is 32.9 Å². The summed E-state index contributed by atoms with van der Waals surface area (Å²) in [6.07, 6.45) is -0.146. The smallest absolute Gasteiger partial charge is 0.247 e. The Labute approximate surface area is 132 Å². The number of morpholine rings is 1. The maximum atomic E-state index is 13.1. The van der Waals surface area contributed by atoms with Gasteiger partial charge in [-0.25, -0.2) is 8.42 Å². The van der Waals surface area contributed by atoms with Gasteiger partial charge in [0.1, 0.15) is 16.4 Å². The number of hydrogen-bond donors (Lipinski definition) is 0. The first-order valence-corrected chi connectivity index (χ1v) is 8.53. The Balaban J connectivity index is 2.49. The molecule has 1 aromatic carbocycles. The maximum Gasteiger partial charge on any atom is 0.247 e. The second-order valence-corrected chi connectivity index (χ2v) is 7.82. The van der Waals surface area contributed by atoms with Gasteiger partial charge >= 0.3 is 0 Å². The molecule has 0 N–H and O–H groups in total. The minimum atomic E-state index is -3.70. The first-order valence-electron chi connectivity index (χ1n) is 7.09. The van der Waals surface area contributed by atoms with Crippen LogP contribution in [0.5, 0.6) is 11.5 Å². The van der Waals surface area contributed by atoms with E-state index >= 15 is 0 Å². The van der Waals surface area contributed by atoms with E-state index in [0.717, 1.165) is 0 Å². The summed E-state index contributed by atoms with van der Waals surface area (Å²) in [6.45, 7) is 6.23. The van der Waals surface area contributed by atoms with E-state index in [9.17, 15) is 8.42 Å². The molecule has 124 valence electrons. The van der Waals surface area contributed by atoms with Crippen molar-refractivity contribution in [2.75, 3.05) is 27.4 Å². The fourth-order valence-corrected chi connectivity index (χ4v) is 4.47. The lowest BCUT2D eigenvalue weighted by Gasteiger charge is -2.43. The van der Waals surface area contributed by atoms with Gasteiger partial charge in [0.15, 0.2) is 0 Å². The number of nitrogens with zero attached hydrogens (tertiary/aromatic N) is 1. The van der Waals surface area contributed by atoms with Crippen molar-refractivity contribution in [1.82, 2.24) is 4.31 Å². The molecule has 1 heterocycles. The standard InChI is InChI=1S/C15H23NO5S/c1-11-9-16(15(2,3)10-21-11)22(17,18)14-7-6-12(19-4)8-13(14)20-5/h6-8,11H,9-10H2,1-5H3. The molecule has 1 atom stereocenters. The van der Waals surface area contributed by atoms with Crippen LogP contribution >= 0.6 is 0 Å². The Kier molecular flexibility index (Phi) is 4.70. The van der Waals surface area contributed by atoms with Crippen LogP contribution < -0.4 is 9.47 Å². The van der Waals surface area contributed by atoms with Crippen LogP contribution in [0.25, 0.3) is 0 Å². The Hall–Kier alpha value is -1.31. The Morgan fingerprint density at radius 3 is 2.55 bits per heavy atom. The van der Waals surface area contributed by atoms with E-state index in [4.69, 9.17) is 14.2 Å². The van der Waals surface area contributed by atoms with Crippen molar-refractivity contribution in [3.63, 3.8) is 0 Å². The fourth-order valence-electron chi connectivity index (χ4n) is 2.48. The molecule has 1 unspecified atom stereocenters. The van der Waals surface area contributed by atoms with E-state index in [0.29, 0.717) is 18.9 Å². The van der Waals surface area contributed by atoms with Gasteiger partial charge in [0.05, 0.1) is 32.5 Å². The Morgan fingerprint density at radius 1 is 1.27 bits per heavy atom. The zero-order valence-corrected chi connectivity index (χ0v) is 14.4. The number of methoxy groups -OCH3 is 2. The van der Waals surface area contributed by atoms with Crippen LogP contribution in [0.4, 0.5) is 0 Å². The van der Waals surface area contributed by atoms with Crippen molar-refractivity contribution in [3.05, 3.63) is 18.2 Å². The highest BCUT2D eigenvalue weighted by molar-refractivity contribution is 7.89. The fraction of sp³-hybridized carbons (Fsp3) is 0.600. The molecule has 0 aliphatic carbocycles. The minimum Gasteiger partial charge on any atom is -0.497 e. The molecule has 0 bridgehead atoms. The van der Waals surface area contributed by atoms with Crippen molar-refractivity contribution >= 4 is 10.0 Å². The van der Waals surface area contributed by atoms with Crippen LogP contribution in [0.15, 0.2) is 23.1 Å². The number of ether oxygens (including phenoxy) is 3. The Morgan fingerprint density at radius 2 is 1.95 bits per heavy atom. The van der Waals surface area contributed by atoms with Gasteiger partial charge in [0.25, 0.3) is 0 Å². The van der Waals surface area contributed by atoms with Crippen molar-refractivity contribution < 1.29 is 22.6 Å². The third-order valence-corrected chi connectivity index (χ3v) is 5.87. The zero-order valence-electron chi connectivity index (χ0n) is 13.6. The van der Waals surface area contributed by atoms with Crippen LogP contribution in [0, 0.1) is 0 Å². The summed E-state index contributed by atoms with van der Waals surface area (Å²) in [4.78, 5) is 0.137. The lowest BCUT2D eigenvalue weighted by molar-refractivity contribution is -0.0551. The average Bonchev–Trinajstić information content (AvgIpc) is 2.48. The third-order valence-electron chi connectivity index (χ3n) is 3.76. The molecule has 0 saturated carbocycles. The maximum absolute atomic E-state index is 13.1. The molecule has 0 amide bonds. The van der Waals surface area contributed by atoms with Gasteiger partial charge in [0.2, 0.25) is 10.0 Å². The highest BCUT2D eigenvalue weighted by Gasteiger charge is 2.42. The van der Waals surface area contributed by atoms with Crippen LogP contribution in [0.2, 0.25) is 0 Å². The van der Waals surface area contributed by atoms with Gasteiger partial charge < -0.3 is 14.2 Å². The second-order valence-electron chi connectivity index (χ2n) is 5.99. The summed E-state index contributed by atoms with van der Waals surface area (Å²) in [7, 11) is -0.729. The van der Waals surface area contributed by atoms with Gasteiger partial charge in [-0.1, -0.05) is 0 Å². The van der Waals surface area contributed by atoms with Gasteiger partial charge in [-0.2, -0.15) is 4.31 Å². The van der Waals surface area contributed by atoms with Crippen molar-refractivity contribution in [1.29, 1.82) is 0 Å². The predicted molar refractivity (Wildman–Crippen MR) is 82.9 cm³/mol. The van der Waals surface area contributed by atoms with Crippen LogP contribution in [-0.4, -0.2) is 51.7 Å². The van der Waals surface area contributed by atoms with Crippen molar-refractivity contribution in [2.45, 2.75) is 37.3 Å². The van der Waals surface area contributed by atoms with Gasteiger partial charge in [-0.3, -0.25) is 0 Å². The quantitative estimate of drug-likeness (QED) is 0.844. The van der Waals surface area contributed by atoms with Crippen LogP contribution in [0.1, 0.15) is 20.8 Å². The van der Waals surface area contributed by atoms with Crippen LogP contribution in [-0.2, 0) is 14.8 Å². The van der Waals surface area contributed by atoms with Crippen molar-refractivity contribution in [2.24, 2.45) is 0 Å². The normalized spacial score (nSPS) is 22.3. The number of sulfonamides is 1. The van der Waals surface area contributed by atoms with E-state index in [1.807, 2.05) is 20.8 Å². The average molecular weight is 329 g/mol. The van der Waals surface area contributed by atoms with E-state index in [-0.39, 0.29) is 16.7 Å². The summed E-state index contributed by atoms with van der Waals surface area (Å²) in [5.41, 5.74) is -0.615. The molecule has 0 aromatic heterocycles. The lowest BCUT2D eigenvalue weighted by Crippen LogP contribution is -2.57. The first-order chi connectivity index (χ1) is 10.2. The van der Waals surface area contributed by atoms with E-state index in [1.165, 1.54) is 24.6 Å². The molecule has 1 aliphatic heterocycles. The topological polar surface area (TPSA) is 65.1 Å². The first kappa shape index (κ1) is 17.1. The predicted octanol–water partition coefficient (Wildman–Crippen LogP) is 1.89. The largest absolute Gasteiger partial charge is 0.497 e. The summed E-state index contributed by atoms with van der Waals surface area (Å²) >= 11 is 0. The second kappa shape index (κ2) is 6.06. The van der Waals surface area contributed by atoms with E-state index < -0.39 is 15.6 Å².